The molecule has 1 N–H and O–H groups in total. The maximum atomic E-state index is 14.1. The first-order valence-corrected chi connectivity index (χ1v) is 6.41. The van der Waals surface area contributed by atoms with Crippen LogP contribution in [0.5, 0.6) is 0 Å². The lowest BCUT2D eigenvalue weighted by Crippen LogP contribution is -2.01. The van der Waals surface area contributed by atoms with Crippen molar-refractivity contribution >= 4 is 39.8 Å². The van der Waals surface area contributed by atoms with E-state index in [-0.39, 0.29) is 16.7 Å². The number of nitro benzene ring substituents is 1. The fraction of sp³-hybridized carbons (Fsp3) is 0. The van der Waals surface area contributed by atoms with E-state index < -0.39 is 16.4 Å². The van der Waals surface area contributed by atoms with Gasteiger partial charge in [-0.05, 0) is 18.2 Å². The molecule has 0 aliphatic carbocycles. The van der Waals surface area contributed by atoms with Gasteiger partial charge in [0, 0.05) is 6.07 Å². The highest BCUT2D eigenvalue weighted by molar-refractivity contribution is 6.29. The molecule has 0 saturated heterocycles. The van der Waals surface area contributed by atoms with E-state index in [0.717, 1.165) is 6.07 Å². The molecule has 0 amide bonds. The monoisotopic (exact) mass is 319 g/mol. The Morgan fingerprint density at radius 3 is 2.82 bits per heavy atom. The predicted molar refractivity (Wildman–Crippen MR) is 78.7 cm³/mol. The Morgan fingerprint density at radius 2 is 2.05 bits per heavy atom. The van der Waals surface area contributed by atoms with Gasteiger partial charge in [0.2, 0.25) is 5.82 Å². The maximum absolute atomic E-state index is 14.1. The van der Waals surface area contributed by atoms with Gasteiger partial charge in [-0.3, -0.25) is 10.1 Å². The molecule has 3 rings (SSSR count). The summed E-state index contributed by atoms with van der Waals surface area (Å²) in [5.74, 6) is -0.784. The number of aromatic nitrogens is 3. The van der Waals surface area contributed by atoms with Gasteiger partial charge in [-0.25, -0.2) is 15.0 Å². The summed E-state index contributed by atoms with van der Waals surface area (Å²) in [6.45, 7) is 0. The van der Waals surface area contributed by atoms with Crippen LogP contribution in [-0.4, -0.2) is 19.9 Å². The van der Waals surface area contributed by atoms with Gasteiger partial charge in [-0.2, -0.15) is 4.39 Å². The minimum absolute atomic E-state index is 0.0871. The van der Waals surface area contributed by atoms with Gasteiger partial charge in [0.05, 0.1) is 16.1 Å². The lowest BCUT2D eigenvalue weighted by Gasteiger charge is -2.08. The molecule has 0 atom stereocenters. The Labute approximate surface area is 128 Å². The molecule has 0 aliphatic rings. The largest absolute Gasteiger partial charge is 0.336 e. The Morgan fingerprint density at radius 1 is 1.23 bits per heavy atom. The van der Waals surface area contributed by atoms with Crippen LogP contribution in [0.3, 0.4) is 0 Å². The molecular weight excluding hydrogens is 313 g/mol. The number of benzene rings is 1. The third-order valence-electron chi connectivity index (χ3n) is 2.88. The number of nitrogens with one attached hydrogen (secondary N) is 1. The summed E-state index contributed by atoms with van der Waals surface area (Å²) in [4.78, 5) is 22.0. The van der Waals surface area contributed by atoms with E-state index in [4.69, 9.17) is 11.6 Å². The number of pyridine rings is 1. The summed E-state index contributed by atoms with van der Waals surface area (Å²) in [5.41, 5.74) is 0.124. The van der Waals surface area contributed by atoms with Gasteiger partial charge >= 0.3 is 5.69 Å². The van der Waals surface area contributed by atoms with E-state index >= 15 is 0 Å². The average Bonchev–Trinajstić information content (AvgIpc) is 2.49. The van der Waals surface area contributed by atoms with E-state index in [9.17, 15) is 14.5 Å². The summed E-state index contributed by atoms with van der Waals surface area (Å²) in [6.07, 6.45) is 1.27. The summed E-state index contributed by atoms with van der Waals surface area (Å²) < 4.78 is 14.1. The molecule has 0 aliphatic heterocycles. The van der Waals surface area contributed by atoms with Crippen LogP contribution in [-0.2, 0) is 0 Å². The second kappa shape index (κ2) is 5.49. The Balaban J connectivity index is 2.09. The third-order valence-corrected chi connectivity index (χ3v) is 3.09. The van der Waals surface area contributed by atoms with E-state index in [0.29, 0.717) is 11.0 Å². The molecule has 0 unspecified atom stereocenters. The van der Waals surface area contributed by atoms with Gasteiger partial charge in [0.15, 0.2) is 5.82 Å². The number of rotatable bonds is 3. The van der Waals surface area contributed by atoms with E-state index in [1.54, 1.807) is 12.1 Å². The lowest BCUT2D eigenvalue weighted by atomic mass is 10.2. The Kier molecular flexibility index (Phi) is 3.51. The number of nitro groups is 1. The van der Waals surface area contributed by atoms with Crippen molar-refractivity contribution < 1.29 is 9.31 Å². The summed E-state index contributed by atoms with van der Waals surface area (Å²) in [6, 6.07) is 7.01. The van der Waals surface area contributed by atoms with Crippen molar-refractivity contribution in [2.45, 2.75) is 0 Å². The number of anilines is 2. The van der Waals surface area contributed by atoms with Crippen molar-refractivity contribution in [3.63, 3.8) is 0 Å². The average molecular weight is 320 g/mol. The van der Waals surface area contributed by atoms with Crippen LogP contribution in [0.2, 0.25) is 5.15 Å². The lowest BCUT2D eigenvalue weighted by molar-refractivity contribution is -0.387. The van der Waals surface area contributed by atoms with Gasteiger partial charge in [-0.1, -0.05) is 17.7 Å². The van der Waals surface area contributed by atoms with Crippen LogP contribution in [0.1, 0.15) is 0 Å². The minimum Gasteiger partial charge on any atom is -0.336 e. The van der Waals surface area contributed by atoms with Gasteiger partial charge in [0.1, 0.15) is 17.0 Å². The van der Waals surface area contributed by atoms with Crippen LogP contribution in [0, 0.1) is 15.9 Å². The molecule has 0 bridgehead atoms. The topological polar surface area (TPSA) is 93.8 Å². The number of nitrogens with zero attached hydrogens (tertiary/aromatic N) is 4. The van der Waals surface area contributed by atoms with Crippen LogP contribution in [0.4, 0.5) is 21.6 Å². The zero-order valence-corrected chi connectivity index (χ0v) is 11.6. The number of halogens is 2. The van der Waals surface area contributed by atoms with Gasteiger partial charge in [-0.15, -0.1) is 0 Å². The van der Waals surface area contributed by atoms with Crippen LogP contribution in [0.25, 0.3) is 11.0 Å². The molecule has 3 aromatic rings. The normalized spacial score (nSPS) is 10.6. The maximum Gasteiger partial charge on any atom is 0.306 e. The molecule has 0 fully saturated rings. The van der Waals surface area contributed by atoms with E-state index in [1.165, 1.54) is 18.5 Å². The van der Waals surface area contributed by atoms with Crippen molar-refractivity contribution in [2.24, 2.45) is 0 Å². The van der Waals surface area contributed by atoms with Crippen molar-refractivity contribution in [1.29, 1.82) is 0 Å². The molecule has 0 radical (unpaired) electrons. The molecule has 2 heterocycles. The number of hydrogen-bond acceptors (Lipinski definition) is 6. The van der Waals surface area contributed by atoms with Crippen molar-refractivity contribution in [3.05, 3.63) is 57.7 Å². The first-order chi connectivity index (χ1) is 10.6. The molecule has 9 heteroatoms. The van der Waals surface area contributed by atoms with Crippen molar-refractivity contribution in [1.82, 2.24) is 15.0 Å². The zero-order valence-electron chi connectivity index (χ0n) is 10.8. The Bertz CT molecular complexity index is 889. The molecule has 110 valence electrons. The van der Waals surface area contributed by atoms with E-state index in [2.05, 4.69) is 20.3 Å². The predicted octanol–water partition coefficient (Wildman–Crippen LogP) is 3.47. The van der Waals surface area contributed by atoms with Crippen LogP contribution < -0.4 is 5.32 Å². The Hall–Kier alpha value is -2.87. The molecule has 2 aromatic heterocycles. The van der Waals surface area contributed by atoms with Crippen molar-refractivity contribution in [3.8, 4) is 0 Å². The number of hydrogen-bond donors (Lipinski definition) is 1. The summed E-state index contributed by atoms with van der Waals surface area (Å²) >= 11 is 5.83. The molecule has 0 spiro atoms. The second-order valence-corrected chi connectivity index (χ2v) is 4.63. The van der Waals surface area contributed by atoms with Gasteiger partial charge < -0.3 is 5.32 Å². The standard InChI is InChI=1S/C13H7ClFN5O2/c14-10-5-4-8-12(19-10)13(17-6-16-8)18-7-2-1-3-9(11(7)15)20(21)22/h1-6H,(H,16,17,18). The zero-order chi connectivity index (χ0) is 15.7. The smallest absolute Gasteiger partial charge is 0.306 e. The third kappa shape index (κ3) is 2.51. The van der Waals surface area contributed by atoms with Crippen molar-refractivity contribution in [2.75, 3.05) is 5.32 Å². The fourth-order valence-corrected chi connectivity index (χ4v) is 2.04. The molecule has 22 heavy (non-hydrogen) atoms. The van der Waals surface area contributed by atoms with Crippen LogP contribution >= 0.6 is 11.6 Å². The number of fused-ring (bicyclic) bond motifs is 1. The highest BCUT2D eigenvalue weighted by atomic mass is 35.5. The van der Waals surface area contributed by atoms with Crippen LogP contribution in [0.15, 0.2) is 36.7 Å². The fourth-order valence-electron chi connectivity index (χ4n) is 1.89. The minimum atomic E-state index is -0.985. The second-order valence-electron chi connectivity index (χ2n) is 4.24. The quantitative estimate of drug-likeness (QED) is 0.451. The summed E-state index contributed by atoms with van der Waals surface area (Å²) in [5, 5.41) is 13.7. The molecule has 0 saturated carbocycles. The molecule has 1 aromatic carbocycles. The first kappa shape index (κ1) is 14.1. The highest BCUT2D eigenvalue weighted by Gasteiger charge is 2.18. The highest BCUT2D eigenvalue weighted by Crippen LogP contribution is 2.28. The van der Waals surface area contributed by atoms with Gasteiger partial charge in [0.25, 0.3) is 0 Å². The summed E-state index contributed by atoms with van der Waals surface area (Å²) in [7, 11) is 0. The SMILES string of the molecule is O=[N+]([O-])c1cccc(Nc2ncnc3ccc(Cl)nc23)c1F. The van der Waals surface area contributed by atoms with E-state index in [1.807, 2.05) is 0 Å². The first-order valence-electron chi connectivity index (χ1n) is 6.03. The molecule has 7 nitrogen and oxygen atoms in total. The molecular formula is C13H7ClFN5O2.